The number of hydrogen-bond donors (Lipinski definition) is 2. The highest BCUT2D eigenvalue weighted by atomic mass is 19.3. The lowest BCUT2D eigenvalue weighted by molar-refractivity contribution is -0.135. The van der Waals surface area contributed by atoms with E-state index in [9.17, 15) is 23.2 Å². The molecule has 0 aliphatic carbocycles. The van der Waals surface area contributed by atoms with Crippen LogP contribution in [0.1, 0.15) is 36.0 Å². The van der Waals surface area contributed by atoms with Gasteiger partial charge in [0.05, 0.1) is 6.54 Å². The Bertz CT molecular complexity index is 976. The summed E-state index contributed by atoms with van der Waals surface area (Å²) in [5, 5.41) is 2.52. The van der Waals surface area contributed by atoms with Crippen LogP contribution in [0.3, 0.4) is 0 Å². The van der Waals surface area contributed by atoms with Crippen molar-refractivity contribution in [2.45, 2.75) is 57.0 Å². The van der Waals surface area contributed by atoms with E-state index in [1.54, 1.807) is 4.90 Å². The molecule has 0 bridgehead atoms. The number of fused-ring (bicyclic) bond motifs is 1. The van der Waals surface area contributed by atoms with E-state index < -0.39 is 48.8 Å². The van der Waals surface area contributed by atoms with Crippen molar-refractivity contribution in [2.24, 2.45) is 11.7 Å². The molecular formula is C21H23F2N5O3. The van der Waals surface area contributed by atoms with Gasteiger partial charge in [0.2, 0.25) is 11.8 Å². The molecule has 3 heterocycles. The highest BCUT2D eigenvalue weighted by molar-refractivity contribution is 5.94. The Morgan fingerprint density at radius 3 is 2.81 bits per heavy atom. The SMILES string of the molecule is [C-]#[N+][C@@H]1CC(F)(F)CN1C(=O)[C@@H]1C[C@@H](CC(=O)N2Cc3cccc(CN)c3C2)C(=O)N1. The Morgan fingerprint density at radius 2 is 2.10 bits per heavy atom. The van der Waals surface area contributed by atoms with Gasteiger partial charge in [-0.05, 0) is 23.1 Å². The van der Waals surface area contributed by atoms with Gasteiger partial charge in [-0.2, -0.15) is 0 Å². The molecule has 0 aromatic heterocycles. The molecule has 10 heteroatoms. The standard InChI is InChI=1S/C21H23F2N5O3/c1-25-17-7-21(22,23)11-28(17)20(31)16-5-14(19(30)26-16)6-18(29)27-9-13-4-2-3-12(8-24)15(13)10-27/h2-4,14,16-17H,5-11,24H2,(H,26,30)/t14-,16-,17-/m0/s1. The van der Waals surface area contributed by atoms with E-state index in [0.29, 0.717) is 19.6 Å². The van der Waals surface area contributed by atoms with Crippen LogP contribution in [0.15, 0.2) is 18.2 Å². The number of rotatable bonds is 4. The molecule has 2 saturated heterocycles. The third kappa shape index (κ3) is 3.97. The lowest BCUT2D eigenvalue weighted by Gasteiger charge is -2.20. The molecule has 8 nitrogen and oxygen atoms in total. The van der Waals surface area contributed by atoms with Crippen LogP contribution in [-0.2, 0) is 34.0 Å². The molecule has 1 aromatic carbocycles. The number of hydrogen-bond acceptors (Lipinski definition) is 4. The molecule has 4 rings (SSSR count). The van der Waals surface area contributed by atoms with Crippen LogP contribution >= 0.6 is 0 Å². The number of nitrogens with zero attached hydrogens (tertiary/aromatic N) is 3. The third-order valence-corrected chi connectivity index (χ3v) is 6.25. The predicted molar refractivity (Wildman–Crippen MR) is 105 cm³/mol. The lowest BCUT2D eigenvalue weighted by atomic mass is 10.00. The van der Waals surface area contributed by atoms with Gasteiger partial charge in [-0.3, -0.25) is 24.1 Å². The van der Waals surface area contributed by atoms with Gasteiger partial charge in [0.25, 0.3) is 11.8 Å². The topological polar surface area (TPSA) is 100 Å². The molecule has 164 valence electrons. The van der Waals surface area contributed by atoms with Crippen molar-refractivity contribution in [3.05, 3.63) is 46.3 Å². The first-order valence-corrected chi connectivity index (χ1v) is 10.1. The quantitative estimate of drug-likeness (QED) is 0.695. The van der Waals surface area contributed by atoms with Crippen LogP contribution in [0.2, 0.25) is 0 Å². The number of carbonyl (C=O) groups is 3. The van der Waals surface area contributed by atoms with Crippen LogP contribution in [0.4, 0.5) is 8.78 Å². The number of alkyl halides is 2. The summed E-state index contributed by atoms with van der Waals surface area (Å²) in [7, 11) is 0. The summed E-state index contributed by atoms with van der Waals surface area (Å²) in [6.45, 7) is 7.49. The van der Waals surface area contributed by atoms with E-state index in [2.05, 4.69) is 10.2 Å². The van der Waals surface area contributed by atoms with Gasteiger partial charge in [0.15, 0.2) is 0 Å². The van der Waals surface area contributed by atoms with Crippen molar-refractivity contribution in [3.8, 4) is 0 Å². The van der Waals surface area contributed by atoms with Gasteiger partial charge in [0, 0.05) is 32.0 Å². The summed E-state index contributed by atoms with van der Waals surface area (Å²) in [5.41, 5.74) is 8.81. The molecule has 3 atom stereocenters. The minimum absolute atomic E-state index is 0.0467. The van der Waals surface area contributed by atoms with Crippen LogP contribution in [0.5, 0.6) is 0 Å². The van der Waals surface area contributed by atoms with Gasteiger partial charge < -0.3 is 16.0 Å². The van der Waals surface area contributed by atoms with E-state index in [1.165, 1.54) is 0 Å². The minimum Gasteiger partial charge on any atom is -0.344 e. The summed E-state index contributed by atoms with van der Waals surface area (Å²) < 4.78 is 27.3. The molecule has 3 amide bonds. The average Bonchev–Trinajstić information content (AvgIpc) is 3.41. The summed E-state index contributed by atoms with van der Waals surface area (Å²) in [6.07, 6.45) is -1.96. The second kappa shape index (κ2) is 7.89. The Morgan fingerprint density at radius 1 is 1.32 bits per heavy atom. The average molecular weight is 431 g/mol. The van der Waals surface area contributed by atoms with Gasteiger partial charge in [-0.15, -0.1) is 0 Å². The predicted octanol–water partition coefficient (Wildman–Crippen LogP) is 0.995. The van der Waals surface area contributed by atoms with Gasteiger partial charge in [-0.1, -0.05) is 18.2 Å². The third-order valence-electron chi connectivity index (χ3n) is 6.25. The minimum atomic E-state index is -3.12. The van der Waals surface area contributed by atoms with Crippen molar-refractivity contribution in [2.75, 3.05) is 6.54 Å². The molecular weight excluding hydrogens is 408 g/mol. The molecule has 0 radical (unpaired) electrons. The fourth-order valence-electron chi connectivity index (χ4n) is 4.61. The Kier molecular flexibility index (Phi) is 5.39. The first kappa shape index (κ1) is 21.2. The normalized spacial score (nSPS) is 26.5. The number of nitrogens with one attached hydrogen (secondary N) is 1. The summed E-state index contributed by atoms with van der Waals surface area (Å²) >= 11 is 0. The maximum atomic E-state index is 13.7. The van der Waals surface area contributed by atoms with Crippen LogP contribution in [0.25, 0.3) is 4.85 Å². The molecule has 0 unspecified atom stereocenters. The highest BCUT2D eigenvalue weighted by Gasteiger charge is 2.53. The van der Waals surface area contributed by atoms with E-state index in [1.807, 2.05) is 18.2 Å². The zero-order valence-electron chi connectivity index (χ0n) is 16.8. The molecule has 3 N–H and O–H groups in total. The second-order valence-corrected chi connectivity index (χ2v) is 8.34. The Hall–Kier alpha value is -3.06. The molecule has 1 aromatic rings. The number of likely N-dealkylation sites (tertiary alicyclic amines) is 1. The van der Waals surface area contributed by atoms with E-state index in [4.69, 9.17) is 12.3 Å². The number of halogens is 2. The zero-order valence-corrected chi connectivity index (χ0v) is 16.8. The van der Waals surface area contributed by atoms with Crippen molar-refractivity contribution in [1.82, 2.24) is 15.1 Å². The number of benzene rings is 1. The Labute approximate surface area is 178 Å². The molecule has 31 heavy (non-hydrogen) atoms. The van der Waals surface area contributed by atoms with Gasteiger partial charge in [-0.25, -0.2) is 15.4 Å². The monoisotopic (exact) mass is 431 g/mol. The first-order valence-electron chi connectivity index (χ1n) is 10.1. The molecule has 0 saturated carbocycles. The maximum Gasteiger partial charge on any atom is 0.306 e. The summed E-state index contributed by atoms with van der Waals surface area (Å²) in [5.74, 6) is -5.18. The number of amides is 3. The van der Waals surface area contributed by atoms with E-state index in [-0.39, 0.29) is 18.7 Å². The zero-order chi connectivity index (χ0) is 22.3. The number of nitrogens with two attached hydrogens (primary N) is 1. The van der Waals surface area contributed by atoms with Crippen LogP contribution < -0.4 is 11.1 Å². The van der Waals surface area contributed by atoms with Crippen LogP contribution in [0, 0.1) is 12.5 Å². The molecule has 2 fully saturated rings. The Balaban J connectivity index is 1.38. The van der Waals surface area contributed by atoms with Crippen molar-refractivity contribution < 1.29 is 23.2 Å². The van der Waals surface area contributed by atoms with Crippen molar-refractivity contribution in [3.63, 3.8) is 0 Å². The molecule has 0 spiro atoms. The fourth-order valence-corrected chi connectivity index (χ4v) is 4.61. The van der Waals surface area contributed by atoms with Crippen molar-refractivity contribution >= 4 is 17.7 Å². The lowest BCUT2D eigenvalue weighted by Crippen LogP contribution is -2.46. The molecule has 3 aliphatic heterocycles. The van der Waals surface area contributed by atoms with Crippen molar-refractivity contribution in [1.29, 1.82) is 0 Å². The van der Waals surface area contributed by atoms with Gasteiger partial charge in [0.1, 0.15) is 12.5 Å². The smallest absolute Gasteiger partial charge is 0.306 e. The second-order valence-electron chi connectivity index (χ2n) is 8.34. The molecule has 3 aliphatic rings. The maximum absolute atomic E-state index is 13.7. The summed E-state index contributed by atoms with van der Waals surface area (Å²) in [6, 6.07) is 4.76. The highest BCUT2D eigenvalue weighted by Crippen LogP contribution is 2.34. The van der Waals surface area contributed by atoms with E-state index in [0.717, 1.165) is 21.6 Å². The van der Waals surface area contributed by atoms with E-state index >= 15 is 0 Å². The van der Waals surface area contributed by atoms with Gasteiger partial charge >= 0.3 is 6.17 Å². The first-order chi connectivity index (χ1) is 14.7. The fraction of sp³-hybridized carbons (Fsp3) is 0.524. The van der Waals surface area contributed by atoms with Crippen LogP contribution in [-0.4, -0.2) is 52.2 Å². The largest absolute Gasteiger partial charge is 0.344 e. The summed E-state index contributed by atoms with van der Waals surface area (Å²) in [4.78, 5) is 43.5. The number of carbonyl (C=O) groups excluding carboxylic acids is 3.